The quantitative estimate of drug-likeness (QED) is 0.675. The van der Waals surface area contributed by atoms with Gasteiger partial charge < -0.3 is 15.0 Å². The molecule has 0 aliphatic heterocycles. The maximum atomic E-state index is 11.8. The zero-order valence-corrected chi connectivity index (χ0v) is 13.0. The van der Waals surface area contributed by atoms with Gasteiger partial charge in [0, 0.05) is 19.1 Å². The predicted octanol–water partition coefficient (Wildman–Crippen LogP) is 1.89. The molecule has 4 heteroatoms. The second kappa shape index (κ2) is 7.74. The van der Waals surface area contributed by atoms with E-state index in [9.17, 15) is 4.79 Å². The summed E-state index contributed by atoms with van der Waals surface area (Å²) in [5.74, 6) is 0.435. The van der Waals surface area contributed by atoms with Crippen LogP contribution in [0.1, 0.15) is 41.0 Å². The molecule has 0 radical (unpaired) electrons. The van der Waals surface area contributed by atoms with Crippen molar-refractivity contribution in [2.24, 2.45) is 5.92 Å². The predicted molar refractivity (Wildman–Crippen MR) is 75.6 cm³/mol. The lowest BCUT2D eigenvalue weighted by molar-refractivity contribution is -0.148. The van der Waals surface area contributed by atoms with E-state index in [4.69, 9.17) is 4.74 Å². The number of methoxy groups -OCH3 is 1. The number of hydrogen-bond acceptors (Lipinski definition) is 4. The summed E-state index contributed by atoms with van der Waals surface area (Å²) >= 11 is 0. The van der Waals surface area contributed by atoms with Crippen molar-refractivity contribution in [3.8, 4) is 0 Å². The zero-order chi connectivity index (χ0) is 14.3. The topological polar surface area (TPSA) is 41.6 Å². The fourth-order valence-electron chi connectivity index (χ4n) is 1.95. The Labute approximate surface area is 112 Å². The summed E-state index contributed by atoms with van der Waals surface area (Å²) < 4.78 is 4.86. The molecule has 0 aromatic heterocycles. The molecule has 1 atom stereocenters. The number of ether oxygens (including phenoxy) is 1. The Morgan fingerprint density at radius 2 is 1.89 bits per heavy atom. The lowest BCUT2D eigenvalue weighted by Gasteiger charge is -2.33. The Morgan fingerprint density at radius 1 is 1.33 bits per heavy atom. The van der Waals surface area contributed by atoms with E-state index in [1.165, 1.54) is 7.11 Å². The van der Waals surface area contributed by atoms with Gasteiger partial charge in [-0.05, 0) is 40.2 Å². The molecule has 0 saturated carbocycles. The molecule has 18 heavy (non-hydrogen) atoms. The molecule has 0 bridgehead atoms. The highest BCUT2D eigenvalue weighted by Gasteiger charge is 2.32. The Balaban J connectivity index is 4.52. The summed E-state index contributed by atoms with van der Waals surface area (Å²) in [6.07, 6.45) is 0.751. The molecule has 108 valence electrons. The second-order valence-corrected chi connectivity index (χ2v) is 5.81. The van der Waals surface area contributed by atoms with Crippen molar-refractivity contribution in [1.82, 2.24) is 10.2 Å². The van der Waals surface area contributed by atoms with Gasteiger partial charge in [0.15, 0.2) is 0 Å². The van der Waals surface area contributed by atoms with Gasteiger partial charge in [-0.3, -0.25) is 4.79 Å². The van der Waals surface area contributed by atoms with Gasteiger partial charge in [-0.2, -0.15) is 0 Å². The third-order valence-electron chi connectivity index (χ3n) is 3.42. The van der Waals surface area contributed by atoms with Crippen LogP contribution in [0.4, 0.5) is 0 Å². The van der Waals surface area contributed by atoms with Gasteiger partial charge in [-0.1, -0.05) is 13.8 Å². The van der Waals surface area contributed by atoms with Gasteiger partial charge in [0.25, 0.3) is 0 Å². The average Bonchev–Trinajstić information content (AvgIpc) is 2.32. The number of likely N-dealkylation sites (N-methyl/N-ethyl adjacent to an activating group) is 1. The fraction of sp³-hybridized carbons (Fsp3) is 0.929. The van der Waals surface area contributed by atoms with Gasteiger partial charge in [0.05, 0.1) is 7.11 Å². The standard InChI is InChI=1S/C14H30N2O2/c1-11(2)10-16(12(3)4)9-8-14(5,15-6)13(17)18-7/h11-12,15H,8-10H2,1-7H3. The van der Waals surface area contributed by atoms with Crippen LogP contribution >= 0.6 is 0 Å². The van der Waals surface area contributed by atoms with Gasteiger partial charge in [0.1, 0.15) is 5.54 Å². The van der Waals surface area contributed by atoms with E-state index < -0.39 is 5.54 Å². The van der Waals surface area contributed by atoms with Crippen molar-refractivity contribution >= 4 is 5.97 Å². The van der Waals surface area contributed by atoms with Crippen molar-refractivity contribution in [1.29, 1.82) is 0 Å². The number of nitrogens with one attached hydrogen (secondary N) is 1. The normalized spacial score (nSPS) is 15.2. The van der Waals surface area contributed by atoms with Gasteiger partial charge >= 0.3 is 5.97 Å². The van der Waals surface area contributed by atoms with Crippen LogP contribution in [0.3, 0.4) is 0 Å². The van der Waals surface area contributed by atoms with E-state index in [0.717, 1.165) is 19.5 Å². The molecular formula is C14H30N2O2. The number of nitrogens with zero attached hydrogens (tertiary/aromatic N) is 1. The van der Waals surface area contributed by atoms with Crippen LogP contribution in [0, 0.1) is 5.92 Å². The first-order valence-corrected chi connectivity index (χ1v) is 6.78. The van der Waals surface area contributed by atoms with Crippen molar-refractivity contribution in [2.75, 3.05) is 27.2 Å². The van der Waals surface area contributed by atoms with Crippen LogP contribution in [-0.2, 0) is 9.53 Å². The molecule has 4 nitrogen and oxygen atoms in total. The number of esters is 1. The number of carbonyl (C=O) groups is 1. The monoisotopic (exact) mass is 258 g/mol. The van der Waals surface area contributed by atoms with Crippen LogP contribution in [-0.4, -0.2) is 49.7 Å². The summed E-state index contributed by atoms with van der Waals surface area (Å²) in [6, 6.07) is 0.492. The first-order valence-electron chi connectivity index (χ1n) is 6.78. The van der Waals surface area contributed by atoms with E-state index >= 15 is 0 Å². The smallest absolute Gasteiger partial charge is 0.325 e. The molecule has 0 aliphatic carbocycles. The summed E-state index contributed by atoms with van der Waals surface area (Å²) in [4.78, 5) is 14.2. The summed E-state index contributed by atoms with van der Waals surface area (Å²) in [6.45, 7) is 12.7. The molecule has 1 unspecified atom stereocenters. The average molecular weight is 258 g/mol. The minimum atomic E-state index is -0.598. The largest absolute Gasteiger partial charge is 0.468 e. The van der Waals surface area contributed by atoms with Crippen LogP contribution in [0.25, 0.3) is 0 Å². The summed E-state index contributed by atoms with van der Waals surface area (Å²) in [5.41, 5.74) is -0.598. The molecule has 0 aromatic rings. The van der Waals surface area contributed by atoms with Crippen molar-refractivity contribution < 1.29 is 9.53 Å². The molecule has 0 aliphatic rings. The van der Waals surface area contributed by atoms with Crippen LogP contribution in [0.5, 0.6) is 0 Å². The van der Waals surface area contributed by atoms with E-state index in [0.29, 0.717) is 12.0 Å². The SMILES string of the molecule is CNC(C)(CCN(CC(C)C)C(C)C)C(=O)OC. The van der Waals surface area contributed by atoms with Crippen molar-refractivity contribution in [3.05, 3.63) is 0 Å². The van der Waals surface area contributed by atoms with Crippen LogP contribution in [0.2, 0.25) is 0 Å². The highest BCUT2D eigenvalue weighted by molar-refractivity contribution is 5.80. The molecule has 0 heterocycles. The van der Waals surface area contributed by atoms with E-state index in [1.54, 1.807) is 7.05 Å². The molecule has 0 saturated heterocycles. The van der Waals surface area contributed by atoms with E-state index in [2.05, 4.69) is 37.9 Å². The first kappa shape index (κ1) is 17.4. The lowest BCUT2D eigenvalue weighted by atomic mass is 9.97. The third-order valence-corrected chi connectivity index (χ3v) is 3.42. The highest BCUT2D eigenvalue weighted by atomic mass is 16.5. The molecule has 0 fully saturated rings. The molecular weight excluding hydrogens is 228 g/mol. The molecule has 0 spiro atoms. The summed E-state index contributed by atoms with van der Waals surface area (Å²) in [7, 11) is 3.24. The minimum absolute atomic E-state index is 0.196. The highest BCUT2D eigenvalue weighted by Crippen LogP contribution is 2.14. The Morgan fingerprint density at radius 3 is 2.22 bits per heavy atom. The number of hydrogen-bond donors (Lipinski definition) is 1. The molecule has 0 aromatic carbocycles. The molecule has 0 amide bonds. The van der Waals surface area contributed by atoms with Crippen molar-refractivity contribution in [3.63, 3.8) is 0 Å². The second-order valence-electron chi connectivity index (χ2n) is 5.81. The Kier molecular flexibility index (Phi) is 7.48. The van der Waals surface area contributed by atoms with Crippen LogP contribution < -0.4 is 5.32 Å². The maximum Gasteiger partial charge on any atom is 0.325 e. The maximum absolute atomic E-state index is 11.8. The Hall–Kier alpha value is -0.610. The molecule has 1 N–H and O–H groups in total. The third kappa shape index (κ3) is 5.36. The van der Waals surface area contributed by atoms with Gasteiger partial charge in [0.2, 0.25) is 0 Å². The van der Waals surface area contributed by atoms with Crippen molar-refractivity contribution in [2.45, 2.75) is 52.6 Å². The number of carbonyl (C=O) groups excluding carboxylic acids is 1. The van der Waals surface area contributed by atoms with E-state index in [1.807, 2.05) is 6.92 Å². The summed E-state index contributed by atoms with van der Waals surface area (Å²) in [5, 5.41) is 3.08. The van der Waals surface area contributed by atoms with Gasteiger partial charge in [-0.25, -0.2) is 0 Å². The van der Waals surface area contributed by atoms with Gasteiger partial charge in [-0.15, -0.1) is 0 Å². The minimum Gasteiger partial charge on any atom is -0.468 e. The first-order chi connectivity index (χ1) is 8.26. The molecule has 0 rings (SSSR count). The number of rotatable bonds is 8. The van der Waals surface area contributed by atoms with Crippen LogP contribution in [0.15, 0.2) is 0 Å². The fourth-order valence-corrected chi connectivity index (χ4v) is 1.95. The van der Waals surface area contributed by atoms with E-state index in [-0.39, 0.29) is 5.97 Å². The zero-order valence-electron chi connectivity index (χ0n) is 13.0. The lowest BCUT2D eigenvalue weighted by Crippen LogP contribution is -2.51. The Bertz CT molecular complexity index is 254.